The Morgan fingerprint density at radius 2 is 0.649 bits per heavy atom. The van der Waals surface area contributed by atoms with E-state index in [2.05, 4.69) is 67.8 Å². The average Bonchev–Trinajstić information content (AvgIpc) is 3.43. The van der Waals surface area contributed by atoms with Crippen molar-refractivity contribution in [3.63, 3.8) is 0 Å². The lowest BCUT2D eigenvalue weighted by atomic mass is 10.0. The molecule has 0 aliphatic heterocycles. The molecule has 1 amide bonds. The van der Waals surface area contributed by atoms with Crippen molar-refractivity contribution in [3.8, 4) is 0 Å². The molecule has 0 rings (SSSR count). The van der Waals surface area contributed by atoms with Crippen LogP contribution in [0.1, 0.15) is 367 Å². The molecule has 0 bridgehead atoms. The van der Waals surface area contributed by atoms with Gasteiger partial charge in [0.15, 0.2) is 0 Å². The van der Waals surface area contributed by atoms with E-state index in [1.54, 1.807) is 0 Å². The summed E-state index contributed by atoms with van der Waals surface area (Å²) >= 11 is 0. The van der Waals surface area contributed by atoms with Gasteiger partial charge in [-0.05, 0) is 89.9 Å². The van der Waals surface area contributed by atoms with Gasteiger partial charge < -0.3 is 20.3 Å². The Labute approximate surface area is 480 Å². The number of allylic oxidation sites excluding steroid dienone is 8. The molecule has 0 aromatic carbocycles. The summed E-state index contributed by atoms with van der Waals surface area (Å²) in [4.78, 5) is 24.5. The van der Waals surface area contributed by atoms with Gasteiger partial charge in [0.05, 0.1) is 25.4 Å². The number of rotatable bonds is 64. The molecule has 0 aliphatic rings. The van der Waals surface area contributed by atoms with Crippen LogP contribution in [-0.2, 0) is 14.3 Å². The first-order chi connectivity index (χ1) is 38.0. The summed E-state index contributed by atoms with van der Waals surface area (Å²) in [6.07, 6.45) is 85.9. The highest BCUT2D eigenvalue weighted by Gasteiger charge is 2.20. The smallest absolute Gasteiger partial charge is 0.305 e. The first-order valence-corrected chi connectivity index (χ1v) is 34.4. The van der Waals surface area contributed by atoms with E-state index in [0.717, 1.165) is 57.8 Å². The van der Waals surface area contributed by atoms with Gasteiger partial charge >= 0.3 is 5.97 Å². The molecule has 452 valence electrons. The largest absolute Gasteiger partial charge is 0.466 e. The van der Waals surface area contributed by atoms with E-state index in [1.165, 1.54) is 276 Å². The van der Waals surface area contributed by atoms with Crippen LogP contribution in [0.5, 0.6) is 0 Å². The molecule has 0 spiro atoms. The molecular weight excluding hydrogens is 947 g/mol. The van der Waals surface area contributed by atoms with Crippen LogP contribution in [0, 0.1) is 0 Å². The highest BCUT2D eigenvalue weighted by molar-refractivity contribution is 5.76. The molecule has 0 aromatic heterocycles. The maximum atomic E-state index is 12.5. The zero-order valence-electron chi connectivity index (χ0n) is 51.7. The zero-order chi connectivity index (χ0) is 55.7. The summed E-state index contributed by atoms with van der Waals surface area (Å²) in [5.41, 5.74) is 0. The van der Waals surface area contributed by atoms with E-state index >= 15 is 0 Å². The lowest BCUT2D eigenvalue weighted by Gasteiger charge is -2.22. The van der Waals surface area contributed by atoms with Crippen LogP contribution in [0.3, 0.4) is 0 Å². The summed E-state index contributed by atoms with van der Waals surface area (Å²) in [5, 5.41) is 23.3. The number of ether oxygens (including phenoxy) is 1. The molecule has 0 aromatic rings. The number of aliphatic hydroxyl groups excluding tert-OH is 2. The molecule has 0 radical (unpaired) electrons. The SMILES string of the molecule is CCCCC/C=C\C/C=C\CCCCCCCC(=O)OCCCCCCCCCCC/C=C\C/C=C\CCCCCCCCCCCCCCCCCCCC(=O)NC(CO)C(O)CCCCCCCCCCCCCC. The van der Waals surface area contributed by atoms with Crippen LogP contribution in [0.25, 0.3) is 0 Å². The van der Waals surface area contributed by atoms with Gasteiger partial charge in [0.1, 0.15) is 0 Å². The molecule has 0 fully saturated rings. The second kappa shape index (κ2) is 66.3. The Kier molecular flexibility index (Phi) is 64.5. The van der Waals surface area contributed by atoms with Crippen LogP contribution in [0.4, 0.5) is 0 Å². The van der Waals surface area contributed by atoms with E-state index in [0.29, 0.717) is 25.9 Å². The quantitative estimate of drug-likeness (QED) is 0.0320. The molecule has 77 heavy (non-hydrogen) atoms. The van der Waals surface area contributed by atoms with Crippen LogP contribution in [0.2, 0.25) is 0 Å². The molecule has 6 nitrogen and oxygen atoms in total. The van der Waals surface area contributed by atoms with E-state index in [1.807, 2.05) is 0 Å². The van der Waals surface area contributed by atoms with Gasteiger partial charge in [0.2, 0.25) is 5.91 Å². The van der Waals surface area contributed by atoms with Gasteiger partial charge in [-0.2, -0.15) is 0 Å². The summed E-state index contributed by atoms with van der Waals surface area (Å²) in [7, 11) is 0. The zero-order valence-corrected chi connectivity index (χ0v) is 51.7. The summed E-state index contributed by atoms with van der Waals surface area (Å²) in [6, 6.07) is -0.539. The van der Waals surface area contributed by atoms with E-state index in [9.17, 15) is 19.8 Å². The van der Waals surface area contributed by atoms with Crippen LogP contribution >= 0.6 is 0 Å². The molecule has 0 saturated heterocycles. The number of nitrogens with one attached hydrogen (secondary N) is 1. The molecule has 3 N–H and O–H groups in total. The third-order valence-corrected chi connectivity index (χ3v) is 15.9. The molecule has 2 unspecified atom stereocenters. The van der Waals surface area contributed by atoms with E-state index in [4.69, 9.17) is 4.74 Å². The fourth-order valence-corrected chi connectivity index (χ4v) is 10.6. The number of esters is 1. The standard InChI is InChI=1S/C71H133NO5/c1-3-5-7-9-11-13-15-17-37-41-45-49-53-57-61-65-71(76)77-66-62-58-54-50-46-42-39-36-34-32-30-28-26-24-22-20-18-19-21-23-25-27-29-31-33-35-38-40-44-48-52-56-60-64-70(75)72-68(67-73)69(74)63-59-55-51-47-43-16-14-12-10-8-6-4-2/h11,13,17,22,24,28,30,37,68-69,73-74H,3-10,12,14-16,18-21,23,25-27,29,31-36,38-67H2,1-2H3,(H,72,75)/b13-11-,24-22-,30-28-,37-17-. The molecule has 0 aliphatic carbocycles. The fraction of sp³-hybridized carbons (Fsp3) is 0.859. The predicted molar refractivity (Wildman–Crippen MR) is 338 cm³/mol. The molecular formula is C71H133NO5. The topological polar surface area (TPSA) is 95.9 Å². The van der Waals surface area contributed by atoms with Crippen LogP contribution in [0.15, 0.2) is 48.6 Å². The highest BCUT2D eigenvalue weighted by atomic mass is 16.5. The van der Waals surface area contributed by atoms with Gasteiger partial charge in [0.25, 0.3) is 0 Å². The highest BCUT2D eigenvalue weighted by Crippen LogP contribution is 2.18. The van der Waals surface area contributed by atoms with Gasteiger partial charge in [-0.15, -0.1) is 0 Å². The monoisotopic (exact) mass is 1080 g/mol. The van der Waals surface area contributed by atoms with E-state index < -0.39 is 12.1 Å². The number of aliphatic hydroxyl groups is 2. The Balaban J connectivity index is 3.37. The molecule has 0 saturated carbocycles. The van der Waals surface area contributed by atoms with Crippen molar-refractivity contribution in [1.82, 2.24) is 5.32 Å². The van der Waals surface area contributed by atoms with Crippen molar-refractivity contribution in [2.45, 2.75) is 379 Å². The second-order valence-corrected chi connectivity index (χ2v) is 23.5. The fourth-order valence-electron chi connectivity index (χ4n) is 10.6. The van der Waals surface area contributed by atoms with Gasteiger partial charge in [0, 0.05) is 12.8 Å². The normalized spacial score (nSPS) is 12.8. The minimum absolute atomic E-state index is 0.0000530. The number of unbranched alkanes of at least 4 members (excludes halogenated alkanes) is 45. The van der Waals surface area contributed by atoms with Crippen molar-refractivity contribution in [2.24, 2.45) is 0 Å². The summed E-state index contributed by atoms with van der Waals surface area (Å²) in [5.74, 6) is -0.0325. The van der Waals surface area contributed by atoms with Crippen LogP contribution < -0.4 is 5.32 Å². The first kappa shape index (κ1) is 74.8. The number of hydrogen-bond acceptors (Lipinski definition) is 5. The Hall–Kier alpha value is -2.18. The lowest BCUT2D eigenvalue weighted by Crippen LogP contribution is -2.45. The number of carbonyl (C=O) groups excluding carboxylic acids is 2. The maximum Gasteiger partial charge on any atom is 0.305 e. The van der Waals surface area contributed by atoms with Crippen molar-refractivity contribution >= 4 is 11.9 Å². The molecule has 0 heterocycles. The average molecular weight is 1080 g/mol. The third kappa shape index (κ3) is 62.9. The predicted octanol–water partition coefficient (Wildman–Crippen LogP) is 22.1. The number of amides is 1. The Bertz CT molecular complexity index is 1290. The Morgan fingerprint density at radius 1 is 0.364 bits per heavy atom. The lowest BCUT2D eigenvalue weighted by molar-refractivity contribution is -0.143. The van der Waals surface area contributed by atoms with Gasteiger partial charge in [-0.1, -0.05) is 313 Å². The molecule has 6 heteroatoms. The molecule has 2 atom stereocenters. The van der Waals surface area contributed by atoms with Crippen molar-refractivity contribution < 1.29 is 24.5 Å². The van der Waals surface area contributed by atoms with Gasteiger partial charge in [-0.25, -0.2) is 0 Å². The summed E-state index contributed by atoms with van der Waals surface area (Å²) in [6.45, 7) is 4.93. The number of carbonyl (C=O) groups is 2. The van der Waals surface area contributed by atoms with Crippen molar-refractivity contribution in [1.29, 1.82) is 0 Å². The van der Waals surface area contributed by atoms with Crippen molar-refractivity contribution in [3.05, 3.63) is 48.6 Å². The first-order valence-electron chi connectivity index (χ1n) is 34.4. The Morgan fingerprint density at radius 3 is 1.01 bits per heavy atom. The number of hydrogen-bond donors (Lipinski definition) is 3. The third-order valence-electron chi connectivity index (χ3n) is 15.9. The van der Waals surface area contributed by atoms with E-state index in [-0.39, 0.29) is 18.5 Å². The minimum atomic E-state index is -0.662. The minimum Gasteiger partial charge on any atom is -0.466 e. The van der Waals surface area contributed by atoms with Gasteiger partial charge in [-0.3, -0.25) is 9.59 Å². The van der Waals surface area contributed by atoms with Crippen LogP contribution in [-0.4, -0.2) is 47.4 Å². The van der Waals surface area contributed by atoms with Crippen molar-refractivity contribution in [2.75, 3.05) is 13.2 Å². The second-order valence-electron chi connectivity index (χ2n) is 23.5. The summed E-state index contributed by atoms with van der Waals surface area (Å²) < 4.78 is 5.48. The maximum absolute atomic E-state index is 12.5.